The number of nitrogens with zero attached hydrogens (tertiary/aromatic N) is 2. The fourth-order valence-electron chi connectivity index (χ4n) is 2.01. The molecule has 0 amide bonds. The Morgan fingerprint density at radius 2 is 2.37 bits per heavy atom. The zero-order valence-corrected chi connectivity index (χ0v) is 11.7. The van der Waals surface area contributed by atoms with Crippen LogP contribution in [0, 0.1) is 0 Å². The van der Waals surface area contributed by atoms with E-state index in [9.17, 15) is 4.79 Å². The lowest BCUT2D eigenvalue weighted by molar-refractivity contribution is 0.0594. The number of rotatable bonds is 6. The summed E-state index contributed by atoms with van der Waals surface area (Å²) in [7, 11) is 3.52. The van der Waals surface area contributed by atoms with Crippen molar-refractivity contribution in [3.05, 3.63) is 24.0 Å². The van der Waals surface area contributed by atoms with Crippen molar-refractivity contribution in [2.45, 2.75) is 31.8 Å². The Labute approximate surface area is 114 Å². The summed E-state index contributed by atoms with van der Waals surface area (Å²) in [6.07, 6.45) is 4.23. The van der Waals surface area contributed by atoms with Gasteiger partial charge in [-0.05, 0) is 38.9 Å². The largest absolute Gasteiger partial charge is 0.464 e. The van der Waals surface area contributed by atoms with Gasteiger partial charge in [-0.15, -0.1) is 0 Å². The zero-order chi connectivity index (χ0) is 13.8. The molecule has 1 N–H and O–H groups in total. The first kappa shape index (κ1) is 13.8. The van der Waals surface area contributed by atoms with E-state index in [0.717, 1.165) is 18.3 Å². The lowest BCUT2D eigenvalue weighted by Crippen LogP contribution is -2.36. The number of carbonyl (C=O) groups excluding carboxylic acids is 1. The first-order valence-corrected chi connectivity index (χ1v) is 6.62. The van der Waals surface area contributed by atoms with Crippen LogP contribution in [-0.4, -0.2) is 48.6 Å². The van der Waals surface area contributed by atoms with Crippen molar-refractivity contribution in [1.29, 1.82) is 0 Å². The van der Waals surface area contributed by atoms with Crippen molar-refractivity contribution < 1.29 is 9.53 Å². The van der Waals surface area contributed by atoms with Crippen LogP contribution in [0.2, 0.25) is 0 Å². The summed E-state index contributed by atoms with van der Waals surface area (Å²) in [4.78, 5) is 17.8. The summed E-state index contributed by atoms with van der Waals surface area (Å²) in [5.74, 6) is -0.410. The summed E-state index contributed by atoms with van der Waals surface area (Å²) in [5, 5.41) is 3.34. The average molecular weight is 263 g/mol. The molecule has 0 aromatic carbocycles. The van der Waals surface area contributed by atoms with Gasteiger partial charge in [-0.25, -0.2) is 9.78 Å². The highest BCUT2D eigenvalue weighted by Crippen LogP contribution is 2.26. The van der Waals surface area contributed by atoms with Crippen LogP contribution in [0.3, 0.4) is 0 Å². The molecule has 1 fully saturated rings. The van der Waals surface area contributed by atoms with E-state index >= 15 is 0 Å². The van der Waals surface area contributed by atoms with E-state index in [-0.39, 0.29) is 0 Å². The molecule has 1 atom stereocenters. The predicted octanol–water partition coefficient (Wildman–Crippen LogP) is 1.76. The molecule has 2 rings (SSSR count). The molecule has 1 aliphatic carbocycles. The van der Waals surface area contributed by atoms with Crippen molar-refractivity contribution in [2.75, 3.05) is 26.0 Å². The minimum Gasteiger partial charge on any atom is -0.464 e. The van der Waals surface area contributed by atoms with Gasteiger partial charge >= 0.3 is 5.97 Å². The van der Waals surface area contributed by atoms with Gasteiger partial charge in [0.25, 0.3) is 0 Å². The SMILES string of the molecule is COC(=O)c1cc(NCC(C)N(C)C2CC2)ccn1. The number of likely N-dealkylation sites (N-methyl/N-ethyl adjacent to an activating group) is 1. The van der Waals surface area contributed by atoms with Gasteiger partial charge in [-0.3, -0.25) is 4.90 Å². The summed E-state index contributed by atoms with van der Waals surface area (Å²) in [6.45, 7) is 3.05. The minimum atomic E-state index is -0.410. The van der Waals surface area contributed by atoms with Gasteiger partial charge < -0.3 is 10.1 Å². The Morgan fingerprint density at radius 3 is 3.00 bits per heavy atom. The molecule has 0 saturated heterocycles. The number of aromatic nitrogens is 1. The Bertz CT molecular complexity index is 446. The van der Waals surface area contributed by atoms with Crippen LogP contribution in [-0.2, 0) is 4.74 Å². The number of hydrogen-bond acceptors (Lipinski definition) is 5. The second kappa shape index (κ2) is 6.02. The van der Waals surface area contributed by atoms with Gasteiger partial charge in [-0.1, -0.05) is 0 Å². The molecule has 0 spiro atoms. The molecule has 1 aromatic rings. The van der Waals surface area contributed by atoms with Crippen LogP contribution in [0.15, 0.2) is 18.3 Å². The van der Waals surface area contributed by atoms with Gasteiger partial charge in [0.1, 0.15) is 5.69 Å². The van der Waals surface area contributed by atoms with Crippen LogP contribution in [0.1, 0.15) is 30.3 Å². The van der Waals surface area contributed by atoms with Crippen molar-refractivity contribution in [3.8, 4) is 0 Å². The fourth-order valence-corrected chi connectivity index (χ4v) is 2.01. The van der Waals surface area contributed by atoms with E-state index in [2.05, 4.69) is 33.9 Å². The van der Waals surface area contributed by atoms with Crippen LogP contribution < -0.4 is 5.32 Å². The molecular formula is C14H21N3O2. The molecule has 19 heavy (non-hydrogen) atoms. The molecule has 1 unspecified atom stereocenters. The number of carbonyl (C=O) groups is 1. The smallest absolute Gasteiger partial charge is 0.356 e. The van der Waals surface area contributed by atoms with Crippen molar-refractivity contribution in [3.63, 3.8) is 0 Å². The molecule has 0 bridgehead atoms. The number of methoxy groups -OCH3 is 1. The molecule has 1 aliphatic rings. The van der Waals surface area contributed by atoms with Gasteiger partial charge in [0.05, 0.1) is 7.11 Å². The molecule has 0 aliphatic heterocycles. The third-order valence-electron chi connectivity index (χ3n) is 3.57. The lowest BCUT2D eigenvalue weighted by Gasteiger charge is -2.25. The number of nitrogens with one attached hydrogen (secondary N) is 1. The second-order valence-corrected chi connectivity index (χ2v) is 5.05. The maximum atomic E-state index is 11.4. The normalized spacial score (nSPS) is 16.2. The van der Waals surface area contributed by atoms with E-state index in [4.69, 9.17) is 0 Å². The topological polar surface area (TPSA) is 54.5 Å². The highest BCUT2D eigenvalue weighted by atomic mass is 16.5. The van der Waals surface area contributed by atoms with E-state index < -0.39 is 5.97 Å². The molecular weight excluding hydrogens is 242 g/mol. The summed E-state index contributed by atoms with van der Waals surface area (Å²) >= 11 is 0. The van der Waals surface area contributed by atoms with E-state index in [1.54, 1.807) is 12.3 Å². The Balaban J connectivity index is 1.89. The molecule has 5 nitrogen and oxygen atoms in total. The van der Waals surface area contributed by atoms with Crippen molar-refractivity contribution in [2.24, 2.45) is 0 Å². The molecule has 1 saturated carbocycles. The second-order valence-electron chi connectivity index (χ2n) is 5.05. The monoisotopic (exact) mass is 263 g/mol. The van der Waals surface area contributed by atoms with E-state index in [1.165, 1.54) is 20.0 Å². The van der Waals surface area contributed by atoms with Crippen LogP contribution in [0.25, 0.3) is 0 Å². The van der Waals surface area contributed by atoms with E-state index in [1.807, 2.05) is 6.07 Å². The maximum absolute atomic E-state index is 11.4. The number of anilines is 1. The number of esters is 1. The highest BCUT2D eigenvalue weighted by Gasteiger charge is 2.28. The van der Waals surface area contributed by atoms with Crippen molar-refractivity contribution in [1.82, 2.24) is 9.88 Å². The Kier molecular flexibility index (Phi) is 4.37. The third-order valence-corrected chi connectivity index (χ3v) is 3.57. The lowest BCUT2D eigenvalue weighted by atomic mass is 10.2. The van der Waals surface area contributed by atoms with Crippen molar-refractivity contribution >= 4 is 11.7 Å². The minimum absolute atomic E-state index is 0.329. The molecule has 0 radical (unpaired) electrons. The molecule has 1 aromatic heterocycles. The summed E-state index contributed by atoms with van der Waals surface area (Å²) in [5.41, 5.74) is 1.22. The average Bonchev–Trinajstić information content (AvgIpc) is 3.28. The zero-order valence-electron chi connectivity index (χ0n) is 11.7. The maximum Gasteiger partial charge on any atom is 0.356 e. The Hall–Kier alpha value is -1.62. The first-order chi connectivity index (χ1) is 9.11. The summed E-state index contributed by atoms with van der Waals surface area (Å²) < 4.78 is 4.66. The van der Waals surface area contributed by atoms with Gasteiger partial charge in [0, 0.05) is 30.5 Å². The van der Waals surface area contributed by atoms with Crippen LogP contribution in [0.5, 0.6) is 0 Å². The molecule has 1 heterocycles. The first-order valence-electron chi connectivity index (χ1n) is 6.62. The van der Waals surface area contributed by atoms with E-state index in [0.29, 0.717) is 11.7 Å². The van der Waals surface area contributed by atoms with Gasteiger partial charge in [-0.2, -0.15) is 0 Å². The third kappa shape index (κ3) is 3.67. The van der Waals surface area contributed by atoms with Gasteiger partial charge in [0.2, 0.25) is 0 Å². The Morgan fingerprint density at radius 1 is 1.63 bits per heavy atom. The standard InChI is InChI=1S/C14H21N3O2/c1-10(17(2)12-4-5-12)9-16-11-6-7-15-13(8-11)14(18)19-3/h6-8,10,12H,4-5,9H2,1-3H3,(H,15,16). The number of hydrogen-bond donors (Lipinski definition) is 1. The quantitative estimate of drug-likeness (QED) is 0.793. The number of pyridine rings is 1. The van der Waals surface area contributed by atoms with Gasteiger partial charge in [0.15, 0.2) is 0 Å². The fraction of sp³-hybridized carbons (Fsp3) is 0.571. The molecule has 104 valence electrons. The highest BCUT2D eigenvalue weighted by molar-refractivity contribution is 5.88. The number of ether oxygens (including phenoxy) is 1. The summed E-state index contributed by atoms with van der Waals surface area (Å²) in [6, 6.07) is 4.79. The van der Waals surface area contributed by atoms with Crippen LogP contribution in [0.4, 0.5) is 5.69 Å². The molecule has 5 heteroatoms. The predicted molar refractivity (Wildman–Crippen MR) is 74.3 cm³/mol. The van der Waals surface area contributed by atoms with Crippen LogP contribution >= 0.6 is 0 Å².